The van der Waals surface area contributed by atoms with Crippen LogP contribution in [0.25, 0.3) is 22.3 Å². The normalized spacial score (nSPS) is 16.6. The number of carbonyl (C=O) groups excluding carboxylic acids is 1. The molecule has 0 radical (unpaired) electrons. The summed E-state index contributed by atoms with van der Waals surface area (Å²) in [4.78, 5) is 29.5. The third-order valence-corrected chi connectivity index (χ3v) is 6.84. The van der Waals surface area contributed by atoms with Crippen molar-refractivity contribution in [1.29, 1.82) is 5.26 Å². The first-order valence-electron chi connectivity index (χ1n) is 11.8. The van der Waals surface area contributed by atoms with E-state index in [-0.39, 0.29) is 18.1 Å². The molecule has 0 aliphatic carbocycles. The van der Waals surface area contributed by atoms with Crippen molar-refractivity contribution in [2.24, 2.45) is 0 Å². The Hall–Kier alpha value is -4.09. The van der Waals surface area contributed by atoms with E-state index in [4.69, 9.17) is 16.9 Å². The molecule has 2 N–H and O–H groups in total. The molecule has 5 rings (SSSR count). The largest absolute Gasteiger partial charge is 0.352 e. The minimum Gasteiger partial charge on any atom is -0.352 e. The summed E-state index contributed by atoms with van der Waals surface area (Å²) in [5, 5.41) is 13.7. The summed E-state index contributed by atoms with van der Waals surface area (Å²) in [6.07, 6.45) is 1.56. The van der Waals surface area contributed by atoms with E-state index >= 15 is 0 Å². The van der Waals surface area contributed by atoms with E-state index in [0.29, 0.717) is 30.2 Å². The first kappa shape index (κ1) is 23.6. The first-order chi connectivity index (χ1) is 17.4. The van der Waals surface area contributed by atoms with Crippen LogP contribution < -0.4 is 10.2 Å². The second-order valence-electron chi connectivity index (χ2n) is 9.05. The molecule has 36 heavy (non-hydrogen) atoms. The Balaban J connectivity index is 1.30. The number of nitrogens with one attached hydrogen (secondary N) is 2. The second-order valence-corrected chi connectivity index (χ2v) is 9.48. The number of anilines is 1. The van der Waals surface area contributed by atoms with Crippen molar-refractivity contribution < 1.29 is 4.79 Å². The van der Waals surface area contributed by atoms with Gasteiger partial charge in [0, 0.05) is 36.4 Å². The second kappa shape index (κ2) is 9.88. The number of nitriles is 1. The summed E-state index contributed by atoms with van der Waals surface area (Å²) < 4.78 is 0. The molecule has 182 valence electrons. The number of piperazine rings is 1. The van der Waals surface area contributed by atoms with Crippen LogP contribution >= 0.6 is 11.6 Å². The summed E-state index contributed by atoms with van der Waals surface area (Å²) >= 11 is 6.11. The maximum Gasteiger partial charge on any atom is 0.318 e. The lowest BCUT2D eigenvalue weighted by Crippen LogP contribution is -2.57. The highest BCUT2D eigenvalue weighted by atomic mass is 35.5. The summed E-state index contributed by atoms with van der Waals surface area (Å²) in [7, 11) is 0. The van der Waals surface area contributed by atoms with Gasteiger partial charge in [-0.25, -0.2) is 14.8 Å². The molecule has 0 saturated carbocycles. The van der Waals surface area contributed by atoms with Gasteiger partial charge in [0.15, 0.2) is 0 Å². The Kier molecular flexibility index (Phi) is 6.49. The average molecular weight is 500 g/mol. The zero-order chi connectivity index (χ0) is 25.2. The summed E-state index contributed by atoms with van der Waals surface area (Å²) in [6.45, 7) is 5.90. The quantitative estimate of drug-likeness (QED) is 0.405. The molecule has 9 heteroatoms. The maximum atomic E-state index is 13.1. The Bertz CT molecular complexity index is 1440. The third kappa shape index (κ3) is 4.70. The number of H-pyrrole nitrogens is 1. The smallest absolute Gasteiger partial charge is 0.318 e. The van der Waals surface area contributed by atoms with Crippen LogP contribution in [0.4, 0.5) is 10.6 Å². The number of benzene rings is 2. The molecule has 2 aromatic heterocycles. The van der Waals surface area contributed by atoms with Crippen LogP contribution in [0.5, 0.6) is 0 Å². The molecule has 2 amide bonds. The fourth-order valence-electron chi connectivity index (χ4n) is 4.64. The van der Waals surface area contributed by atoms with Gasteiger partial charge in [0.1, 0.15) is 17.8 Å². The Labute approximate surface area is 214 Å². The highest BCUT2D eigenvalue weighted by Gasteiger charge is 2.30. The van der Waals surface area contributed by atoms with Crippen LogP contribution in [-0.2, 0) is 0 Å². The lowest BCUT2D eigenvalue weighted by atomic mass is 10.1. The summed E-state index contributed by atoms with van der Waals surface area (Å²) in [6, 6.07) is 18.9. The van der Waals surface area contributed by atoms with E-state index in [1.165, 1.54) is 0 Å². The van der Waals surface area contributed by atoms with Crippen molar-refractivity contribution >= 4 is 34.5 Å². The molecule has 0 unspecified atom stereocenters. The first-order valence-corrected chi connectivity index (χ1v) is 12.2. The predicted octanol–water partition coefficient (Wildman–Crippen LogP) is 5.13. The van der Waals surface area contributed by atoms with Gasteiger partial charge in [-0.2, -0.15) is 5.26 Å². The minimum atomic E-state index is -0.150. The topological polar surface area (TPSA) is 101 Å². The van der Waals surface area contributed by atoms with E-state index < -0.39 is 0 Å². The monoisotopic (exact) mass is 499 g/mol. The predicted molar refractivity (Wildman–Crippen MR) is 141 cm³/mol. The molecule has 4 aromatic rings. The standard InChI is InChI=1S/C27H26ClN7O/c1-17-15-34(10-11-35(17)27(36)32-18(2)21-4-3-5-22(28)12-21)26-23-13-24(33-25(23)30-16-31-26)20-8-6-19(14-29)7-9-20/h3-9,12-13,16-18H,10-11,15H2,1-2H3,(H,32,36)(H,30,31,33)/t17-,18+/m1/s1. The number of aromatic nitrogens is 3. The van der Waals surface area contributed by atoms with Gasteiger partial charge >= 0.3 is 6.03 Å². The van der Waals surface area contributed by atoms with Gasteiger partial charge in [-0.3, -0.25) is 0 Å². The number of rotatable bonds is 4. The van der Waals surface area contributed by atoms with Gasteiger partial charge in [0.05, 0.1) is 23.1 Å². The molecule has 8 nitrogen and oxygen atoms in total. The van der Waals surface area contributed by atoms with Crippen molar-refractivity contribution in [3.05, 3.63) is 77.1 Å². The molecule has 2 aromatic carbocycles. The lowest BCUT2D eigenvalue weighted by molar-refractivity contribution is 0.168. The van der Waals surface area contributed by atoms with Gasteiger partial charge in [-0.05, 0) is 55.3 Å². The number of halogens is 1. The number of carbonyl (C=O) groups is 1. The van der Waals surface area contributed by atoms with Gasteiger partial charge in [-0.1, -0.05) is 35.9 Å². The molecule has 1 aliphatic heterocycles. The van der Waals surface area contributed by atoms with Crippen LogP contribution in [-0.4, -0.2) is 51.6 Å². The van der Waals surface area contributed by atoms with E-state index in [1.54, 1.807) is 18.5 Å². The maximum absolute atomic E-state index is 13.1. The van der Waals surface area contributed by atoms with E-state index in [1.807, 2.05) is 61.2 Å². The summed E-state index contributed by atoms with van der Waals surface area (Å²) in [5.41, 5.74) is 4.23. The summed E-state index contributed by atoms with van der Waals surface area (Å²) in [5.74, 6) is 0.843. The molecule has 2 atom stereocenters. The van der Waals surface area contributed by atoms with Crippen molar-refractivity contribution in [1.82, 2.24) is 25.2 Å². The number of urea groups is 1. The Morgan fingerprint density at radius 1 is 1.19 bits per heavy atom. The number of nitrogens with zero attached hydrogens (tertiary/aromatic N) is 5. The number of fused-ring (bicyclic) bond motifs is 1. The van der Waals surface area contributed by atoms with E-state index in [0.717, 1.165) is 33.7 Å². The highest BCUT2D eigenvalue weighted by Crippen LogP contribution is 2.30. The Morgan fingerprint density at radius 3 is 2.72 bits per heavy atom. The van der Waals surface area contributed by atoms with Gasteiger partial charge < -0.3 is 20.1 Å². The molecule has 1 fully saturated rings. The van der Waals surface area contributed by atoms with Crippen molar-refractivity contribution in [3.8, 4) is 17.3 Å². The van der Waals surface area contributed by atoms with Gasteiger partial charge in [0.2, 0.25) is 0 Å². The minimum absolute atomic E-state index is 0.00716. The van der Waals surface area contributed by atoms with Crippen LogP contribution in [0, 0.1) is 11.3 Å². The lowest BCUT2D eigenvalue weighted by Gasteiger charge is -2.40. The zero-order valence-corrected chi connectivity index (χ0v) is 20.8. The van der Waals surface area contributed by atoms with Crippen LogP contribution in [0.1, 0.15) is 31.0 Å². The van der Waals surface area contributed by atoms with E-state index in [2.05, 4.69) is 31.2 Å². The molecular formula is C27H26ClN7O. The van der Waals surface area contributed by atoms with Crippen molar-refractivity contribution in [2.75, 3.05) is 24.5 Å². The number of amides is 2. The number of hydrogen-bond donors (Lipinski definition) is 2. The molecule has 0 spiro atoms. The molecule has 0 bridgehead atoms. The van der Waals surface area contributed by atoms with E-state index in [9.17, 15) is 4.79 Å². The zero-order valence-electron chi connectivity index (χ0n) is 20.1. The fraction of sp³-hybridized carbons (Fsp3) is 0.259. The van der Waals surface area contributed by atoms with Crippen molar-refractivity contribution in [2.45, 2.75) is 25.9 Å². The van der Waals surface area contributed by atoms with Crippen molar-refractivity contribution in [3.63, 3.8) is 0 Å². The number of aromatic amines is 1. The van der Waals surface area contributed by atoms with Gasteiger partial charge in [0.25, 0.3) is 0 Å². The SMILES string of the molecule is C[C@H](NC(=O)N1CCN(c2ncnc3[nH]c(-c4ccc(C#N)cc4)cc23)C[C@H]1C)c1cccc(Cl)c1. The molecular weight excluding hydrogens is 474 g/mol. The van der Waals surface area contributed by atoms with Crippen LogP contribution in [0.15, 0.2) is 60.9 Å². The molecule has 3 heterocycles. The molecule has 1 aliphatic rings. The van der Waals surface area contributed by atoms with Crippen LogP contribution in [0.2, 0.25) is 5.02 Å². The van der Waals surface area contributed by atoms with Gasteiger partial charge in [-0.15, -0.1) is 0 Å². The highest BCUT2D eigenvalue weighted by molar-refractivity contribution is 6.30. The Morgan fingerprint density at radius 2 is 2.00 bits per heavy atom. The average Bonchev–Trinajstić information content (AvgIpc) is 3.33. The number of hydrogen-bond acceptors (Lipinski definition) is 5. The molecule has 1 saturated heterocycles. The van der Waals surface area contributed by atoms with Crippen LogP contribution in [0.3, 0.4) is 0 Å². The fourth-order valence-corrected chi connectivity index (χ4v) is 4.84. The third-order valence-electron chi connectivity index (χ3n) is 6.61.